The molecular formula is C19H16F3NS. The van der Waals surface area contributed by atoms with Gasteiger partial charge in [0.05, 0.1) is 5.56 Å². The van der Waals surface area contributed by atoms with Gasteiger partial charge in [-0.1, -0.05) is 35.5 Å². The molecule has 1 N–H and O–H groups in total. The SMILES string of the molecule is FC(F)(F)c1ccc2c(c1)C(=C1CCNCC1)c1ccccc1S2. The average molecular weight is 347 g/mol. The second-order valence-corrected chi connectivity index (χ2v) is 7.12. The summed E-state index contributed by atoms with van der Waals surface area (Å²) in [7, 11) is 0. The highest BCUT2D eigenvalue weighted by Crippen LogP contribution is 2.48. The molecule has 2 aromatic rings. The van der Waals surface area contributed by atoms with Gasteiger partial charge in [-0.2, -0.15) is 13.2 Å². The molecule has 0 saturated carbocycles. The molecule has 4 rings (SSSR count). The molecule has 2 aliphatic rings. The quantitative estimate of drug-likeness (QED) is 0.588. The Morgan fingerprint density at radius 3 is 2.33 bits per heavy atom. The van der Waals surface area contributed by atoms with Crippen LogP contribution in [0, 0.1) is 0 Å². The van der Waals surface area contributed by atoms with Crippen molar-refractivity contribution in [3.63, 3.8) is 0 Å². The number of alkyl halides is 3. The number of fused-ring (bicyclic) bond motifs is 2. The van der Waals surface area contributed by atoms with Crippen molar-refractivity contribution in [3.05, 3.63) is 64.7 Å². The first-order valence-corrected chi connectivity index (χ1v) is 8.77. The smallest absolute Gasteiger partial charge is 0.316 e. The molecule has 5 heteroatoms. The second-order valence-electron chi connectivity index (χ2n) is 6.04. The highest BCUT2D eigenvalue weighted by Gasteiger charge is 2.33. The molecule has 2 aliphatic heterocycles. The van der Waals surface area contributed by atoms with Gasteiger partial charge in [-0.05, 0) is 66.9 Å². The van der Waals surface area contributed by atoms with Gasteiger partial charge in [0.15, 0.2) is 0 Å². The van der Waals surface area contributed by atoms with E-state index in [9.17, 15) is 13.2 Å². The van der Waals surface area contributed by atoms with Gasteiger partial charge in [-0.3, -0.25) is 0 Å². The van der Waals surface area contributed by atoms with Crippen LogP contribution >= 0.6 is 11.8 Å². The van der Waals surface area contributed by atoms with E-state index in [1.807, 2.05) is 24.3 Å². The van der Waals surface area contributed by atoms with Crippen LogP contribution in [0.3, 0.4) is 0 Å². The lowest BCUT2D eigenvalue weighted by Gasteiger charge is -2.28. The monoisotopic (exact) mass is 347 g/mol. The summed E-state index contributed by atoms with van der Waals surface area (Å²) < 4.78 is 39.6. The topological polar surface area (TPSA) is 12.0 Å². The number of hydrogen-bond donors (Lipinski definition) is 1. The predicted octanol–water partition coefficient (Wildman–Crippen LogP) is 5.36. The fourth-order valence-corrected chi connectivity index (χ4v) is 4.45. The van der Waals surface area contributed by atoms with Crippen molar-refractivity contribution in [2.75, 3.05) is 13.1 Å². The normalized spacial score (nSPS) is 17.5. The Balaban J connectivity index is 1.95. The molecule has 0 spiro atoms. The summed E-state index contributed by atoms with van der Waals surface area (Å²) in [5, 5.41) is 3.32. The maximum atomic E-state index is 13.2. The van der Waals surface area contributed by atoms with Crippen LogP contribution in [0.1, 0.15) is 29.5 Å². The number of hydrogen-bond acceptors (Lipinski definition) is 2. The fraction of sp³-hybridized carbons (Fsp3) is 0.263. The van der Waals surface area contributed by atoms with E-state index in [4.69, 9.17) is 0 Å². The molecule has 0 aliphatic carbocycles. The molecule has 0 atom stereocenters. The molecule has 1 fully saturated rings. The summed E-state index contributed by atoms with van der Waals surface area (Å²) in [6, 6.07) is 12.1. The van der Waals surface area contributed by atoms with E-state index in [1.165, 1.54) is 17.7 Å². The molecule has 0 bridgehead atoms. The van der Waals surface area contributed by atoms with Crippen LogP contribution in [0.4, 0.5) is 13.2 Å². The molecule has 1 nitrogen and oxygen atoms in total. The van der Waals surface area contributed by atoms with Gasteiger partial charge in [0, 0.05) is 9.79 Å². The summed E-state index contributed by atoms with van der Waals surface area (Å²) >= 11 is 1.55. The van der Waals surface area contributed by atoms with Gasteiger partial charge in [-0.25, -0.2) is 0 Å². The lowest BCUT2D eigenvalue weighted by molar-refractivity contribution is -0.137. The van der Waals surface area contributed by atoms with Gasteiger partial charge in [0.25, 0.3) is 0 Å². The lowest BCUT2D eigenvalue weighted by Crippen LogP contribution is -2.24. The molecule has 24 heavy (non-hydrogen) atoms. The molecule has 0 aromatic heterocycles. The Kier molecular flexibility index (Phi) is 3.93. The zero-order valence-corrected chi connectivity index (χ0v) is 13.7. The molecule has 0 amide bonds. The van der Waals surface area contributed by atoms with Crippen molar-refractivity contribution in [3.8, 4) is 0 Å². The second kappa shape index (κ2) is 5.97. The Labute approximate surface area is 143 Å². The molecule has 2 aromatic carbocycles. The molecule has 2 heterocycles. The fourth-order valence-electron chi connectivity index (χ4n) is 3.38. The largest absolute Gasteiger partial charge is 0.416 e. The Morgan fingerprint density at radius 2 is 1.58 bits per heavy atom. The number of piperidine rings is 1. The Hall–Kier alpha value is -1.72. The summed E-state index contributed by atoms with van der Waals surface area (Å²) in [6.07, 6.45) is -2.56. The van der Waals surface area contributed by atoms with E-state index < -0.39 is 11.7 Å². The van der Waals surface area contributed by atoms with Crippen molar-refractivity contribution in [1.29, 1.82) is 0 Å². The third-order valence-corrected chi connectivity index (χ3v) is 5.67. The first-order chi connectivity index (χ1) is 11.5. The predicted molar refractivity (Wildman–Crippen MR) is 90.1 cm³/mol. The van der Waals surface area contributed by atoms with Crippen LogP contribution in [0.2, 0.25) is 0 Å². The summed E-state index contributed by atoms with van der Waals surface area (Å²) in [6.45, 7) is 1.75. The van der Waals surface area contributed by atoms with Crippen LogP contribution in [-0.4, -0.2) is 13.1 Å². The van der Waals surface area contributed by atoms with Crippen LogP contribution in [0.25, 0.3) is 5.57 Å². The zero-order chi connectivity index (χ0) is 16.7. The highest BCUT2D eigenvalue weighted by atomic mass is 32.2. The van der Waals surface area contributed by atoms with Gasteiger partial charge >= 0.3 is 6.18 Å². The Bertz CT molecular complexity index is 816. The van der Waals surface area contributed by atoms with Crippen LogP contribution in [-0.2, 0) is 6.18 Å². The van der Waals surface area contributed by atoms with Gasteiger partial charge < -0.3 is 5.32 Å². The number of rotatable bonds is 0. The van der Waals surface area contributed by atoms with Crippen LogP contribution in [0.15, 0.2) is 57.8 Å². The molecule has 0 unspecified atom stereocenters. The first-order valence-electron chi connectivity index (χ1n) is 7.95. The van der Waals surface area contributed by atoms with Gasteiger partial charge in [0.2, 0.25) is 0 Å². The van der Waals surface area contributed by atoms with E-state index in [0.29, 0.717) is 0 Å². The third-order valence-electron chi connectivity index (χ3n) is 4.51. The minimum Gasteiger partial charge on any atom is -0.316 e. The number of benzene rings is 2. The van der Waals surface area contributed by atoms with Crippen molar-refractivity contribution >= 4 is 17.3 Å². The van der Waals surface area contributed by atoms with E-state index in [-0.39, 0.29) is 0 Å². The molecule has 1 saturated heterocycles. The van der Waals surface area contributed by atoms with Crippen LogP contribution < -0.4 is 5.32 Å². The van der Waals surface area contributed by atoms with Crippen molar-refractivity contribution in [2.24, 2.45) is 0 Å². The average Bonchev–Trinajstić information content (AvgIpc) is 2.59. The maximum Gasteiger partial charge on any atom is 0.416 e. The van der Waals surface area contributed by atoms with E-state index in [0.717, 1.165) is 52.4 Å². The molecule has 0 radical (unpaired) electrons. The van der Waals surface area contributed by atoms with E-state index in [2.05, 4.69) is 5.32 Å². The number of nitrogens with one attached hydrogen (secondary N) is 1. The maximum absolute atomic E-state index is 13.2. The lowest BCUT2D eigenvalue weighted by atomic mass is 9.87. The number of halogens is 3. The summed E-state index contributed by atoms with van der Waals surface area (Å²) in [5.41, 5.74) is 3.47. The third kappa shape index (κ3) is 2.76. The minimum absolute atomic E-state index is 0.576. The van der Waals surface area contributed by atoms with Crippen molar-refractivity contribution in [1.82, 2.24) is 5.32 Å². The summed E-state index contributed by atoms with van der Waals surface area (Å²) in [5.74, 6) is 0. The van der Waals surface area contributed by atoms with Gasteiger partial charge in [-0.15, -0.1) is 0 Å². The first kappa shape index (κ1) is 15.8. The van der Waals surface area contributed by atoms with E-state index >= 15 is 0 Å². The summed E-state index contributed by atoms with van der Waals surface area (Å²) in [4.78, 5) is 2.02. The minimum atomic E-state index is -4.32. The van der Waals surface area contributed by atoms with Crippen LogP contribution in [0.5, 0.6) is 0 Å². The standard InChI is InChI=1S/C19H16F3NS/c20-19(21,22)13-5-6-17-15(11-13)18(12-7-9-23-10-8-12)14-3-1-2-4-16(14)24-17/h1-6,11,23H,7-10H2. The van der Waals surface area contributed by atoms with Crippen molar-refractivity contribution in [2.45, 2.75) is 28.8 Å². The van der Waals surface area contributed by atoms with E-state index in [1.54, 1.807) is 17.8 Å². The highest BCUT2D eigenvalue weighted by molar-refractivity contribution is 7.99. The van der Waals surface area contributed by atoms with Gasteiger partial charge in [0.1, 0.15) is 0 Å². The molecule has 124 valence electrons. The molecular weight excluding hydrogens is 331 g/mol. The van der Waals surface area contributed by atoms with Crippen molar-refractivity contribution < 1.29 is 13.2 Å². The zero-order valence-electron chi connectivity index (χ0n) is 12.9. The Morgan fingerprint density at radius 1 is 0.875 bits per heavy atom.